The Bertz CT molecular complexity index is 1390. The normalized spacial score (nSPS) is 10.9. The predicted molar refractivity (Wildman–Crippen MR) is 134 cm³/mol. The van der Waals surface area contributed by atoms with Crippen molar-refractivity contribution in [3.63, 3.8) is 0 Å². The number of thiazole rings is 1. The summed E-state index contributed by atoms with van der Waals surface area (Å²) in [6, 6.07) is 25.8. The Hall–Kier alpha value is -3.90. The fraction of sp³-hybridized carbons (Fsp3) is 0.111. The van der Waals surface area contributed by atoms with E-state index in [0.717, 1.165) is 44.5 Å². The van der Waals surface area contributed by atoms with Gasteiger partial charge in [0.05, 0.1) is 18.7 Å². The molecule has 1 amide bonds. The van der Waals surface area contributed by atoms with Crippen LogP contribution in [0.4, 0.5) is 5.69 Å². The number of imidazole rings is 1. The van der Waals surface area contributed by atoms with Crippen LogP contribution >= 0.6 is 11.3 Å². The first-order chi connectivity index (χ1) is 16.2. The van der Waals surface area contributed by atoms with E-state index in [9.17, 15) is 4.79 Å². The molecule has 0 aliphatic rings. The summed E-state index contributed by atoms with van der Waals surface area (Å²) in [5.41, 5.74) is 5.68. The molecule has 2 heterocycles. The van der Waals surface area contributed by atoms with Gasteiger partial charge in [-0.15, -0.1) is 11.3 Å². The van der Waals surface area contributed by atoms with Gasteiger partial charge in [0.25, 0.3) is 0 Å². The number of carbonyl (C=O) groups excluding carboxylic acids is 1. The van der Waals surface area contributed by atoms with Gasteiger partial charge in [0.1, 0.15) is 5.75 Å². The number of benzene rings is 3. The molecule has 0 saturated carbocycles. The molecule has 1 N–H and O–H groups in total. The van der Waals surface area contributed by atoms with Crippen molar-refractivity contribution in [3.8, 4) is 28.1 Å². The van der Waals surface area contributed by atoms with E-state index in [4.69, 9.17) is 9.72 Å². The first-order valence-corrected chi connectivity index (χ1v) is 11.7. The molecule has 3 aromatic carbocycles. The lowest BCUT2D eigenvalue weighted by atomic mass is 10.0. The summed E-state index contributed by atoms with van der Waals surface area (Å²) in [5, 5.41) is 5.08. The van der Waals surface area contributed by atoms with Crippen molar-refractivity contribution in [2.75, 3.05) is 11.9 Å². The number of nitrogens with zero attached hydrogens (tertiary/aromatic N) is 2. The summed E-state index contributed by atoms with van der Waals surface area (Å²) < 4.78 is 7.52. The summed E-state index contributed by atoms with van der Waals surface area (Å²) in [5.74, 6) is 0.782. The number of amides is 1. The number of anilines is 1. The monoisotopic (exact) mass is 453 g/mol. The average Bonchev–Trinajstić information content (AvgIpc) is 3.43. The topological polar surface area (TPSA) is 55.6 Å². The maximum atomic E-state index is 12.9. The van der Waals surface area contributed by atoms with E-state index in [1.807, 2.05) is 102 Å². The summed E-state index contributed by atoms with van der Waals surface area (Å²) in [6.07, 6.45) is 2.25. The minimum atomic E-state index is -0.0607. The highest BCUT2D eigenvalue weighted by molar-refractivity contribution is 7.15. The lowest BCUT2D eigenvalue weighted by Gasteiger charge is -2.11. The van der Waals surface area contributed by atoms with Crippen LogP contribution in [-0.4, -0.2) is 21.9 Å². The smallest absolute Gasteiger partial charge is 0.230 e. The second kappa shape index (κ2) is 9.30. The van der Waals surface area contributed by atoms with E-state index in [2.05, 4.69) is 5.32 Å². The van der Waals surface area contributed by atoms with Crippen LogP contribution < -0.4 is 10.1 Å². The van der Waals surface area contributed by atoms with Crippen LogP contribution in [0.3, 0.4) is 0 Å². The molecule has 0 bridgehead atoms. The Morgan fingerprint density at radius 2 is 1.73 bits per heavy atom. The van der Waals surface area contributed by atoms with Gasteiger partial charge < -0.3 is 10.1 Å². The molecule has 6 heteroatoms. The average molecular weight is 454 g/mol. The second-order valence-corrected chi connectivity index (χ2v) is 8.44. The molecule has 0 aliphatic carbocycles. The molecule has 5 aromatic rings. The quantitative estimate of drug-likeness (QED) is 0.314. The molecule has 0 aliphatic heterocycles. The highest BCUT2D eigenvalue weighted by atomic mass is 32.1. The van der Waals surface area contributed by atoms with Gasteiger partial charge in [-0.25, -0.2) is 4.98 Å². The zero-order valence-corrected chi connectivity index (χ0v) is 19.0. The largest absolute Gasteiger partial charge is 0.494 e. The molecule has 0 radical (unpaired) electrons. The Morgan fingerprint density at radius 3 is 2.52 bits per heavy atom. The number of hydrogen-bond acceptors (Lipinski definition) is 4. The maximum Gasteiger partial charge on any atom is 0.230 e. The highest BCUT2D eigenvalue weighted by Crippen LogP contribution is 2.29. The fourth-order valence-corrected chi connectivity index (χ4v) is 4.68. The molecule has 5 rings (SSSR count). The van der Waals surface area contributed by atoms with E-state index in [1.54, 1.807) is 0 Å². The number of hydrogen-bond donors (Lipinski definition) is 1. The van der Waals surface area contributed by atoms with Crippen LogP contribution in [0, 0.1) is 0 Å². The summed E-state index contributed by atoms with van der Waals surface area (Å²) in [7, 11) is 0. The summed E-state index contributed by atoms with van der Waals surface area (Å²) in [6.45, 7) is 2.61. The third-order valence-electron chi connectivity index (χ3n) is 5.37. The molecule has 0 unspecified atom stereocenters. The van der Waals surface area contributed by atoms with Crippen molar-refractivity contribution < 1.29 is 9.53 Å². The van der Waals surface area contributed by atoms with Crippen LogP contribution in [0.25, 0.3) is 27.3 Å². The van der Waals surface area contributed by atoms with Crippen LogP contribution in [0.15, 0.2) is 90.4 Å². The highest BCUT2D eigenvalue weighted by Gasteiger charge is 2.14. The standard InChI is InChI=1S/C27H23N3O2S/c1-2-32-22-14-12-20(13-15-22)25-17-30-21(18-33-27(30)29-25)16-26(31)28-24-11-7-6-10-23(24)19-8-4-3-5-9-19/h3-15,17-18H,2,16H2,1H3,(H,28,31). The van der Waals surface area contributed by atoms with Gasteiger partial charge in [0.15, 0.2) is 4.96 Å². The molecule has 0 fully saturated rings. The van der Waals surface area contributed by atoms with Gasteiger partial charge >= 0.3 is 0 Å². The molecular weight excluding hydrogens is 430 g/mol. The van der Waals surface area contributed by atoms with Crippen molar-refractivity contribution in [3.05, 3.63) is 96.1 Å². The Kier molecular flexibility index (Phi) is 5.91. The number of ether oxygens (including phenoxy) is 1. The zero-order valence-electron chi connectivity index (χ0n) is 18.2. The van der Waals surface area contributed by atoms with Crippen molar-refractivity contribution in [2.24, 2.45) is 0 Å². The van der Waals surface area contributed by atoms with Gasteiger partial charge in [-0.3, -0.25) is 9.20 Å². The minimum absolute atomic E-state index is 0.0607. The molecule has 2 aromatic heterocycles. The summed E-state index contributed by atoms with van der Waals surface area (Å²) >= 11 is 1.54. The Balaban J connectivity index is 1.35. The molecule has 0 saturated heterocycles. The van der Waals surface area contributed by atoms with E-state index in [1.165, 1.54) is 11.3 Å². The second-order valence-electron chi connectivity index (χ2n) is 7.60. The van der Waals surface area contributed by atoms with Crippen molar-refractivity contribution in [1.82, 2.24) is 9.38 Å². The third kappa shape index (κ3) is 4.52. The van der Waals surface area contributed by atoms with Crippen molar-refractivity contribution in [2.45, 2.75) is 13.3 Å². The summed E-state index contributed by atoms with van der Waals surface area (Å²) in [4.78, 5) is 18.5. The lowest BCUT2D eigenvalue weighted by Crippen LogP contribution is -2.15. The molecule has 164 valence electrons. The number of fused-ring (bicyclic) bond motifs is 1. The van der Waals surface area contributed by atoms with Gasteiger partial charge in [-0.05, 0) is 42.8 Å². The first-order valence-electron chi connectivity index (χ1n) is 10.8. The first kappa shape index (κ1) is 21.0. The van der Waals surface area contributed by atoms with Crippen LogP contribution in [0.5, 0.6) is 5.75 Å². The number of nitrogens with one attached hydrogen (secondary N) is 1. The predicted octanol–water partition coefficient (Wildman–Crippen LogP) is 6.31. The van der Waals surface area contributed by atoms with Crippen molar-refractivity contribution in [1.29, 1.82) is 0 Å². The SMILES string of the molecule is CCOc1ccc(-c2cn3c(CC(=O)Nc4ccccc4-c4ccccc4)csc3n2)cc1. The molecular formula is C27H23N3O2S. The van der Waals surface area contributed by atoms with E-state index < -0.39 is 0 Å². The van der Waals surface area contributed by atoms with E-state index >= 15 is 0 Å². The van der Waals surface area contributed by atoms with Gasteiger partial charge in [0, 0.05) is 34.1 Å². The van der Waals surface area contributed by atoms with Crippen LogP contribution in [0.1, 0.15) is 12.6 Å². The zero-order chi connectivity index (χ0) is 22.6. The molecule has 0 atom stereocenters. The molecule has 0 spiro atoms. The lowest BCUT2D eigenvalue weighted by molar-refractivity contribution is -0.115. The fourth-order valence-electron chi connectivity index (χ4n) is 3.80. The molecule has 5 nitrogen and oxygen atoms in total. The Labute approximate surface area is 196 Å². The maximum absolute atomic E-state index is 12.9. The van der Waals surface area contributed by atoms with Crippen LogP contribution in [-0.2, 0) is 11.2 Å². The number of para-hydroxylation sites is 1. The van der Waals surface area contributed by atoms with Gasteiger partial charge in [-0.2, -0.15) is 0 Å². The number of aromatic nitrogens is 2. The number of carbonyl (C=O) groups is 1. The van der Waals surface area contributed by atoms with E-state index in [-0.39, 0.29) is 12.3 Å². The van der Waals surface area contributed by atoms with Gasteiger partial charge in [0.2, 0.25) is 5.91 Å². The van der Waals surface area contributed by atoms with E-state index in [0.29, 0.717) is 6.61 Å². The third-order valence-corrected chi connectivity index (χ3v) is 6.26. The van der Waals surface area contributed by atoms with Crippen LogP contribution in [0.2, 0.25) is 0 Å². The minimum Gasteiger partial charge on any atom is -0.494 e. The van der Waals surface area contributed by atoms with Crippen molar-refractivity contribution >= 4 is 27.9 Å². The van der Waals surface area contributed by atoms with Gasteiger partial charge in [-0.1, -0.05) is 48.5 Å². The number of rotatable bonds is 7. The Morgan fingerprint density at radius 1 is 0.970 bits per heavy atom. The molecule has 33 heavy (non-hydrogen) atoms.